The Morgan fingerprint density at radius 3 is 2.60 bits per heavy atom. The normalized spacial score (nSPS) is 14.0. The number of halogens is 1. The molecule has 1 N–H and O–H groups in total. The third kappa shape index (κ3) is 4.57. The molecule has 156 valence electrons. The molecule has 3 heterocycles. The fraction of sp³-hybridized carbons (Fsp3) is 0.318. The number of benzene rings is 1. The topological polar surface area (TPSA) is 73.4 Å². The predicted molar refractivity (Wildman–Crippen MR) is 119 cm³/mol. The van der Waals surface area contributed by atoms with Gasteiger partial charge in [-0.1, -0.05) is 41.0 Å². The second-order valence-electron chi connectivity index (χ2n) is 7.42. The van der Waals surface area contributed by atoms with Gasteiger partial charge in [0.05, 0.1) is 15.8 Å². The Labute approximate surface area is 184 Å². The van der Waals surface area contributed by atoms with Crippen LogP contribution in [-0.4, -0.2) is 46.8 Å². The van der Waals surface area contributed by atoms with Gasteiger partial charge < -0.3 is 14.3 Å². The van der Waals surface area contributed by atoms with Crippen LogP contribution in [0.25, 0.3) is 11.3 Å². The zero-order valence-corrected chi connectivity index (χ0v) is 18.3. The Bertz CT molecular complexity index is 1040. The molecule has 0 spiro atoms. The van der Waals surface area contributed by atoms with Crippen LogP contribution in [-0.2, 0) is 6.54 Å². The number of amides is 1. The van der Waals surface area contributed by atoms with Crippen molar-refractivity contribution in [2.45, 2.75) is 25.8 Å². The highest BCUT2D eigenvalue weighted by Gasteiger charge is 2.18. The van der Waals surface area contributed by atoms with Crippen LogP contribution in [0, 0.1) is 5.41 Å². The van der Waals surface area contributed by atoms with E-state index in [9.17, 15) is 4.79 Å². The molecule has 8 heteroatoms. The summed E-state index contributed by atoms with van der Waals surface area (Å²) in [7, 11) is 1.72. The van der Waals surface area contributed by atoms with Crippen LogP contribution in [0.4, 0.5) is 0 Å². The van der Waals surface area contributed by atoms with Gasteiger partial charge in [0.15, 0.2) is 5.76 Å². The van der Waals surface area contributed by atoms with Gasteiger partial charge in [-0.15, -0.1) is 11.3 Å². The van der Waals surface area contributed by atoms with Crippen molar-refractivity contribution in [3.63, 3.8) is 0 Å². The van der Waals surface area contributed by atoms with Gasteiger partial charge in [0.2, 0.25) is 0 Å². The minimum absolute atomic E-state index is 0.106. The van der Waals surface area contributed by atoms with E-state index in [1.165, 1.54) is 17.8 Å². The van der Waals surface area contributed by atoms with Gasteiger partial charge in [-0.25, -0.2) is 0 Å². The summed E-state index contributed by atoms with van der Waals surface area (Å²) in [5.74, 6) is 1.08. The lowest BCUT2D eigenvalue weighted by Crippen LogP contribution is -2.35. The number of piperidine rings is 1. The summed E-state index contributed by atoms with van der Waals surface area (Å²) in [6.45, 7) is 2.23. The number of aromatic nitrogens is 1. The molecular weight excluding hydrogens is 420 g/mol. The molecule has 1 amide bonds. The third-order valence-electron chi connectivity index (χ3n) is 5.21. The highest BCUT2D eigenvalue weighted by Crippen LogP contribution is 2.24. The van der Waals surface area contributed by atoms with Gasteiger partial charge in [-0.3, -0.25) is 10.2 Å². The Morgan fingerprint density at radius 1 is 1.20 bits per heavy atom. The summed E-state index contributed by atoms with van der Waals surface area (Å²) >= 11 is 7.18. The molecule has 1 aliphatic rings. The van der Waals surface area contributed by atoms with E-state index < -0.39 is 0 Å². The first-order chi connectivity index (χ1) is 14.5. The van der Waals surface area contributed by atoms with E-state index in [1.54, 1.807) is 24.1 Å². The molecule has 0 bridgehead atoms. The average molecular weight is 443 g/mol. The molecule has 2 aromatic heterocycles. The molecule has 4 rings (SSSR count). The number of rotatable bonds is 5. The summed E-state index contributed by atoms with van der Waals surface area (Å²) in [5, 5.41) is 12.6. The Balaban J connectivity index is 1.41. The van der Waals surface area contributed by atoms with Crippen LogP contribution < -0.4 is 0 Å². The van der Waals surface area contributed by atoms with Gasteiger partial charge in [0, 0.05) is 37.3 Å². The summed E-state index contributed by atoms with van der Waals surface area (Å²) in [6, 6.07) is 13.1. The van der Waals surface area contributed by atoms with Crippen molar-refractivity contribution >= 4 is 34.7 Å². The minimum atomic E-state index is -0.106. The lowest BCUT2D eigenvalue weighted by atomic mass is 10.1. The van der Waals surface area contributed by atoms with Crippen molar-refractivity contribution in [3.8, 4) is 11.3 Å². The fourth-order valence-electron chi connectivity index (χ4n) is 3.55. The smallest absolute Gasteiger partial charge is 0.264 e. The predicted octanol–water partition coefficient (Wildman–Crippen LogP) is 5.14. The van der Waals surface area contributed by atoms with Gasteiger partial charge in [0.25, 0.3) is 5.91 Å². The van der Waals surface area contributed by atoms with Crippen LogP contribution in [0.2, 0.25) is 4.34 Å². The molecule has 0 unspecified atom stereocenters. The summed E-state index contributed by atoms with van der Waals surface area (Å²) in [4.78, 5) is 16.8. The Kier molecular flexibility index (Phi) is 6.20. The average Bonchev–Trinajstić information content (AvgIpc) is 3.42. The van der Waals surface area contributed by atoms with Gasteiger partial charge in [-0.05, 0) is 31.4 Å². The molecule has 1 aromatic carbocycles. The lowest BCUT2D eigenvalue weighted by molar-refractivity contribution is 0.0777. The van der Waals surface area contributed by atoms with Crippen molar-refractivity contribution < 1.29 is 9.32 Å². The Morgan fingerprint density at radius 2 is 1.93 bits per heavy atom. The van der Waals surface area contributed by atoms with Crippen LogP contribution in [0.5, 0.6) is 0 Å². The van der Waals surface area contributed by atoms with Crippen molar-refractivity contribution in [2.24, 2.45) is 0 Å². The maximum absolute atomic E-state index is 12.5. The third-order valence-corrected chi connectivity index (χ3v) is 6.43. The number of nitrogens with one attached hydrogen (secondary N) is 1. The monoisotopic (exact) mass is 442 g/mol. The first-order valence-electron chi connectivity index (χ1n) is 9.92. The summed E-state index contributed by atoms with van der Waals surface area (Å²) < 4.78 is 6.03. The van der Waals surface area contributed by atoms with Crippen molar-refractivity contribution in [1.82, 2.24) is 15.0 Å². The lowest BCUT2D eigenvalue weighted by Gasteiger charge is -2.29. The van der Waals surface area contributed by atoms with Gasteiger partial charge in [0.1, 0.15) is 11.5 Å². The zero-order chi connectivity index (χ0) is 21.1. The first kappa shape index (κ1) is 20.6. The highest BCUT2D eigenvalue weighted by atomic mass is 35.5. The number of likely N-dealkylation sites (tertiary alicyclic amines) is 1. The molecule has 1 aliphatic heterocycles. The number of hydrogen-bond donors (Lipinski definition) is 1. The van der Waals surface area contributed by atoms with Crippen LogP contribution >= 0.6 is 22.9 Å². The molecule has 3 aromatic rings. The number of carbonyl (C=O) groups excluding carboxylic acids is 1. The fourth-order valence-corrected chi connectivity index (χ4v) is 4.58. The van der Waals surface area contributed by atoms with E-state index in [0.29, 0.717) is 33.0 Å². The molecule has 1 fully saturated rings. The van der Waals surface area contributed by atoms with E-state index >= 15 is 0 Å². The van der Waals surface area contributed by atoms with Gasteiger partial charge >= 0.3 is 0 Å². The summed E-state index contributed by atoms with van der Waals surface area (Å²) in [6.07, 6.45) is 3.55. The summed E-state index contributed by atoms with van der Waals surface area (Å²) in [5.41, 5.74) is 2.53. The number of nitrogens with zero attached hydrogens (tertiary/aromatic N) is 3. The van der Waals surface area contributed by atoms with E-state index in [1.807, 2.05) is 30.3 Å². The van der Waals surface area contributed by atoms with E-state index in [4.69, 9.17) is 21.5 Å². The standard InChI is InChI=1S/C22H23ClN4O2S/c1-26(22(28)19-9-10-20(23)30-19)14-17-13-18(25-29-17)15-5-7-16(8-6-15)21(24)27-11-3-2-4-12-27/h5-10,13,24H,2-4,11-12,14H2,1H3. The second-order valence-corrected chi connectivity index (χ2v) is 9.13. The SMILES string of the molecule is CN(Cc1cc(-c2ccc(C(=N)N3CCCCC3)cc2)no1)C(=O)c1ccc(Cl)s1. The highest BCUT2D eigenvalue weighted by molar-refractivity contribution is 7.17. The number of thiophene rings is 1. The van der Waals surface area contributed by atoms with Crippen molar-refractivity contribution in [3.05, 3.63) is 63.0 Å². The van der Waals surface area contributed by atoms with Crippen LogP contribution in [0.3, 0.4) is 0 Å². The molecule has 0 saturated carbocycles. The maximum Gasteiger partial charge on any atom is 0.264 e. The molecule has 1 saturated heterocycles. The van der Waals surface area contributed by atoms with Crippen LogP contribution in [0.1, 0.15) is 40.3 Å². The minimum Gasteiger partial charge on any atom is -0.359 e. The largest absolute Gasteiger partial charge is 0.359 e. The van der Waals surface area contributed by atoms with Gasteiger partial charge in [-0.2, -0.15) is 0 Å². The van der Waals surface area contributed by atoms with Crippen LogP contribution in [0.15, 0.2) is 47.0 Å². The molecule has 6 nitrogen and oxygen atoms in total. The molecule has 0 aliphatic carbocycles. The molecule has 30 heavy (non-hydrogen) atoms. The number of carbonyl (C=O) groups is 1. The maximum atomic E-state index is 12.5. The Hall–Kier alpha value is -2.64. The molecular formula is C22H23ClN4O2S. The second kappa shape index (κ2) is 9.02. The molecule has 0 atom stereocenters. The zero-order valence-electron chi connectivity index (χ0n) is 16.7. The quantitative estimate of drug-likeness (QED) is 0.438. The van der Waals surface area contributed by atoms with E-state index in [-0.39, 0.29) is 5.91 Å². The van der Waals surface area contributed by atoms with E-state index in [0.717, 1.165) is 37.1 Å². The first-order valence-corrected chi connectivity index (χ1v) is 11.1. The number of hydrogen-bond acceptors (Lipinski definition) is 5. The number of amidine groups is 1. The van der Waals surface area contributed by atoms with E-state index in [2.05, 4.69) is 10.1 Å². The van der Waals surface area contributed by atoms with Crippen molar-refractivity contribution in [1.29, 1.82) is 5.41 Å². The van der Waals surface area contributed by atoms with Crippen molar-refractivity contribution in [2.75, 3.05) is 20.1 Å². The molecule has 0 radical (unpaired) electrons.